The lowest BCUT2D eigenvalue weighted by Crippen LogP contribution is -2.50. The van der Waals surface area contributed by atoms with Gasteiger partial charge >= 0.3 is 6.18 Å². The summed E-state index contributed by atoms with van der Waals surface area (Å²) in [7, 11) is 0. The van der Waals surface area contributed by atoms with Crippen LogP contribution >= 0.6 is 0 Å². The fourth-order valence-electron chi connectivity index (χ4n) is 5.48. The van der Waals surface area contributed by atoms with Crippen molar-refractivity contribution in [2.45, 2.75) is 44.2 Å². The lowest BCUT2D eigenvalue weighted by atomic mass is 9.73. The molecule has 0 saturated carbocycles. The number of nitrogens with one attached hydrogen (secondary N) is 1. The van der Waals surface area contributed by atoms with Crippen molar-refractivity contribution in [3.8, 4) is 5.75 Å². The van der Waals surface area contributed by atoms with E-state index in [4.69, 9.17) is 4.74 Å². The van der Waals surface area contributed by atoms with E-state index in [1.807, 2.05) is 6.92 Å². The van der Waals surface area contributed by atoms with Gasteiger partial charge in [-0.25, -0.2) is 0 Å². The van der Waals surface area contributed by atoms with Gasteiger partial charge in [-0.3, -0.25) is 19.5 Å². The molecule has 0 aliphatic carbocycles. The molecule has 3 heterocycles. The minimum absolute atomic E-state index is 0.161. The zero-order valence-electron chi connectivity index (χ0n) is 20.8. The normalized spacial score (nSPS) is 16.8. The van der Waals surface area contributed by atoms with Crippen molar-refractivity contribution in [1.29, 1.82) is 0 Å². The molecule has 0 atom stereocenters. The minimum Gasteiger partial charge on any atom is -0.493 e. The van der Waals surface area contributed by atoms with E-state index in [9.17, 15) is 27.6 Å². The Morgan fingerprint density at radius 3 is 2.63 bits per heavy atom. The van der Waals surface area contributed by atoms with Gasteiger partial charge < -0.3 is 14.5 Å². The summed E-state index contributed by atoms with van der Waals surface area (Å²) in [6.07, 6.45) is -4.12. The number of fused-ring (bicyclic) bond motifs is 3. The SMILES string of the molecule is CCOc1cccc2c1C1(CCN(C(=O)c3ccc4[nH]ncc4c3)CC1)C(=O)N2CC(=O)CCC(F)(F)F. The maximum Gasteiger partial charge on any atom is 0.389 e. The van der Waals surface area contributed by atoms with Crippen molar-refractivity contribution < 1.29 is 32.3 Å². The third-order valence-electron chi connectivity index (χ3n) is 7.34. The summed E-state index contributed by atoms with van der Waals surface area (Å²) < 4.78 is 43.8. The molecule has 2 aliphatic rings. The number of H-pyrrole nitrogens is 1. The number of ether oxygens (including phenoxy) is 1. The lowest BCUT2D eigenvalue weighted by Gasteiger charge is -2.39. The molecule has 3 aromatic rings. The molecule has 5 rings (SSSR count). The number of carbonyl (C=O) groups excluding carboxylic acids is 3. The van der Waals surface area contributed by atoms with Crippen LogP contribution in [-0.2, 0) is 15.0 Å². The first-order valence-corrected chi connectivity index (χ1v) is 12.5. The summed E-state index contributed by atoms with van der Waals surface area (Å²) in [5.74, 6) is -0.658. The van der Waals surface area contributed by atoms with Gasteiger partial charge in [0, 0.05) is 36.0 Å². The van der Waals surface area contributed by atoms with Gasteiger partial charge in [-0.2, -0.15) is 18.3 Å². The predicted octanol–water partition coefficient (Wildman–Crippen LogP) is 4.39. The number of alkyl halides is 3. The number of anilines is 1. The number of carbonyl (C=O) groups is 3. The van der Waals surface area contributed by atoms with Crippen LogP contribution in [0.3, 0.4) is 0 Å². The third-order valence-corrected chi connectivity index (χ3v) is 7.34. The molecule has 1 saturated heterocycles. The number of piperidine rings is 1. The number of rotatable bonds is 7. The first kappa shape index (κ1) is 25.7. The van der Waals surface area contributed by atoms with Crippen molar-refractivity contribution in [2.75, 3.05) is 31.1 Å². The molecule has 1 aromatic heterocycles. The van der Waals surface area contributed by atoms with Crippen LogP contribution in [0.2, 0.25) is 0 Å². The number of aromatic nitrogens is 2. The van der Waals surface area contributed by atoms with Gasteiger partial charge in [0.25, 0.3) is 5.91 Å². The Kier molecular flexibility index (Phi) is 6.62. The zero-order chi connectivity index (χ0) is 27.1. The van der Waals surface area contributed by atoms with Gasteiger partial charge in [-0.1, -0.05) is 6.07 Å². The molecule has 1 spiro atoms. The Morgan fingerprint density at radius 1 is 1.16 bits per heavy atom. The van der Waals surface area contributed by atoms with Gasteiger partial charge in [-0.05, 0) is 50.1 Å². The van der Waals surface area contributed by atoms with Gasteiger partial charge in [-0.15, -0.1) is 0 Å². The Morgan fingerprint density at radius 2 is 1.92 bits per heavy atom. The average Bonchev–Trinajstić information content (AvgIpc) is 3.45. The maximum atomic E-state index is 13.9. The molecular formula is C27H27F3N4O4. The molecule has 8 nitrogen and oxygen atoms in total. The molecule has 1 fully saturated rings. The van der Waals surface area contributed by atoms with Crippen LogP contribution in [-0.4, -0.2) is 65.1 Å². The standard InChI is InChI=1S/C27H27F3N4O4/c1-2-38-22-5-3-4-21-23(22)26(25(37)34(21)16-19(35)8-9-27(28,29)30)10-12-33(13-11-26)24(36)17-6-7-20-18(14-17)15-31-32-20/h3-7,14-15H,2,8-13,16H2,1H3,(H,31,32). The average molecular weight is 529 g/mol. The molecule has 2 aliphatic heterocycles. The second-order valence-electron chi connectivity index (χ2n) is 9.67. The van der Waals surface area contributed by atoms with E-state index in [1.165, 1.54) is 4.90 Å². The smallest absolute Gasteiger partial charge is 0.389 e. The Labute approximate surface area is 216 Å². The van der Waals surface area contributed by atoms with Crippen molar-refractivity contribution in [2.24, 2.45) is 0 Å². The van der Waals surface area contributed by atoms with E-state index in [0.717, 1.165) is 10.9 Å². The zero-order valence-corrected chi connectivity index (χ0v) is 20.8. The van der Waals surface area contributed by atoms with Gasteiger partial charge in [0.05, 0.1) is 42.4 Å². The quantitative estimate of drug-likeness (QED) is 0.491. The number of likely N-dealkylation sites (tertiary alicyclic amines) is 1. The van der Waals surface area contributed by atoms with Crippen LogP contribution in [0.4, 0.5) is 18.9 Å². The second-order valence-corrected chi connectivity index (χ2v) is 9.67. The topological polar surface area (TPSA) is 95.6 Å². The summed E-state index contributed by atoms with van der Waals surface area (Å²) in [5, 5.41) is 7.65. The van der Waals surface area contributed by atoms with Gasteiger partial charge in [0.1, 0.15) is 5.75 Å². The van der Waals surface area contributed by atoms with E-state index >= 15 is 0 Å². The molecular weight excluding hydrogens is 501 g/mol. The summed E-state index contributed by atoms with van der Waals surface area (Å²) in [6, 6.07) is 10.4. The molecule has 0 radical (unpaired) electrons. The fraction of sp³-hybridized carbons (Fsp3) is 0.407. The van der Waals surface area contributed by atoms with E-state index in [0.29, 0.717) is 55.1 Å². The Hall–Kier alpha value is -3.89. The summed E-state index contributed by atoms with van der Waals surface area (Å²) in [6.45, 7) is 2.33. The number of Topliss-reactive ketones (excluding diaryl/α,β-unsaturated/α-hetero) is 1. The fourth-order valence-corrected chi connectivity index (χ4v) is 5.48. The van der Waals surface area contributed by atoms with Crippen molar-refractivity contribution in [3.05, 3.63) is 53.7 Å². The van der Waals surface area contributed by atoms with Crippen LogP contribution in [0.5, 0.6) is 5.75 Å². The number of aromatic amines is 1. The molecule has 38 heavy (non-hydrogen) atoms. The van der Waals surface area contributed by atoms with E-state index < -0.39 is 36.8 Å². The van der Waals surface area contributed by atoms with Crippen LogP contribution in [0, 0.1) is 0 Å². The number of halogens is 3. The van der Waals surface area contributed by atoms with Crippen molar-refractivity contribution in [1.82, 2.24) is 15.1 Å². The first-order valence-electron chi connectivity index (χ1n) is 12.5. The van der Waals surface area contributed by atoms with Gasteiger partial charge in [0.2, 0.25) is 5.91 Å². The molecule has 2 amide bonds. The third kappa shape index (κ3) is 4.61. The minimum atomic E-state index is -4.45. The number of benzene rings is 2. The molecule has 1 N–H and O–H groups in total. The van der Waals surface area contributed by atoms with Crippen molar-refractivity contribution in [3.63, 3.8) is 0 Å². The van der Waals surface area contributed by atoms with Crippen LogP contribution in [0.1, 0.15) is 48.5 Å². The largest absolute Gasteiger partial charge is 0.493 e. The van der Waals surface area contributed by atoms with E-state index in [-0.39, 0.29) is 11.8 Å². The second kappa shape index (κ2) is 9.77. The number of hydrogen-bond acceptors (Lipinski definition) is 5. The highest BCUT2D eigenvalue weighted by Gasteiger charge is 2.54. The van der Waals surface area contributed by atoms with Gasteiger partial charge in [0.15, 0.2) is 5.78 Å². The predicted molar refractivity (Wildman–Crippen MR) is 133 cm³/mol. The number of ketones is 1. The molecule has 0 unspecified atom stereocenters. The summed E-state index contributed by atoms with van der Waals surface area (Å²) >= 11 is 0. The molecule has 200 valence electrons. The maximum absolute atomic E-state index is 13.9. The number of hydrogen-bond donors (Lipinski definition) is 1. The van der Waals surface area contributed by atoms with Crippen LogP contribution < -0.4 is 9.64 Å². The lowest BCUT2D eigenvalue weighted by molar-refractivity contribution is -0.142. The number of amides is 2. The van der Waals surface area contributed by atoms with E-state index in [1.54, 1.807) is 47.5 Å². The highest BCUT2D eigenvalue weighted by atomic mass is 19.4. The summed E-state index contributed by atoms with van der Waals surface area (Å²) in [5.41, 5.74) is 1.42. The highest BCUT2D eigenvalue weighted by molar-refractivity contribution is 6.12. The first-order chi connectivity index (χ1) is 18.1. The monoisotopic (exact) mass is 528 g/mol. The highest BCUT2D eigenvalue weighted by Crippen LogP contribution is 2.52. The van der Waals surface area contributed by atoms with Crippen molar-refractivity contribution >= 4 is 34.2 Å². The summed E-state index contributed by atoms with van der Waals surface area (Å²) in [4.78, 5) is 42.6. The van der Waals surface area contributed by atoms with Crippen LogP contribution in [0.15, 0.2) is 42.6 Å². The van der Waals surface area contributed by atoms with Crippen LogP contribution in [0.25, 0.3) is 10.9 Å². The molecule has 2 aromatic carbocycles. The molecule has 11 heteroatoms. The Balaban J connectivity index is 1.40. The Bertz CT molecular complexity index is 1390. The molecule has 0 bridgehead atoms. The van der Waals surface area contributed by atoms with E-state index in [2.05, 4.69) is 10.2 Å². The number of nitrogens with zero attached hydrogens (tertiary/aromatic N) is 3.